The summed E-state index contributed by atoms with van der Waals surface area (Å²) in [6.07, 6.45) is 2.21. The van der Waals surface area contributed by atoms with E-state index in [1.165, 1.54) is 11.1 Å². The van der Waals surface area contributed by atoms with Crippen LogP contribution in [0.2, 0.25) is 0 Å². The lowest BCUT2D eigenvalue weighted by atomic mass is 10.1. The third kappa shape index (κ3) is 4.88. The van der Waals surface area contributed by atoms with Gasteiger partial charge in [0, 0.05) is 12.5 Å². The molecule has 0 aliphatic rings. The van der Waals surface area contributed by atoms with Gasteiger partial charge in [0.05, 0.1) is 0 Å². The highest BCUT2D eigenvalue weighted by Gasteiger charge is 2.08. The predicted octanol–water partition coefficient (Wildman–Crippen LogP) is 3.37. The van der Waals surface area contributed by atoms with Gasteiger partial charge in [0.25, 0.3) is 0 Å². The fraction of sp³-hybridized carbons (Fsp3) is 0.278. The molecular weight excluding hydrogens is 246 g/mol. The minimum Gasteiger partial charge on any atom is -0.353 e. The van der Waals surface area contributed by atoms with Crippen LogP contribution in [0.25, 0.3) is 0 Å². The van der Waals surface area contributed by atoms with E-state index in [-0.39, 0.29) is 11.9 Å². The molecule has 1 N–H and O–H groups in total. The Balaban J connectivity index is 1.74. The Morgan fingerprint density at radius 2 is 1.50 bits per heavy atom. The lowest BCUT2D eigenvalue weighted by Gasteiger charge is -2.14. The molecule has 0 heterocycles. The molecule has 0 saturated heterocycles. The van der Waals surface area contributed by atoms with Gasteiger partial charge in [0.2, 0.25) is 5.91 Å². The number of hydrogen-bond acceptors (Lipinski definition) is 1. The van der Waals surface area contributed by atoms with Gasteiger partial charge in [-0.2, -0.15) is 0 Å². The summed E-state index contributed by atoms with van der Waals surface area (Å²) in [5.41, 5.74) is 2.46. The van der Waals surface area contributed by atoms with E-state index in [1.807, 2.05) is 43.3 Å². The van der Waals surface area contributed by atoms with Gasteiger partial charge in [-0.05, 0) is 30.9 Å². The molecule has 2 aromatic rings. The second kappa shape index (κ2) is 7.49. The molecule has 2 rings (SSSR count). The summed E-state index contributed by atoms with van der Waals surface area (Å²) in [7, 11) is 0. The Labute approximate surface area is 120 Å². The standard InChI is InChI=1S/C18H21NO/c1-15(14-17-10-6-3-7-11-17)19-18(20)13-12-16-8-4-2-5-9-16/h2-11,15H,12-14H2,1H3,(H,19,20)/t15-/m1/s1. The van der Waals surface area contributed by atoms with Gasteiger partial charge in [-0.1, -0.05) is 60.7 Å². The highest BCUT2D eigenvalue weighted by molar-refractivity contribution is 5.76. The predicted molar refractivity (Wildman–Crippen MR) is 82.5 cm³/mol. The van der Waals surface area contributed by atoms with E-state index in [2.05, 4.69) is 29.6 Å². The SMILES string of the molecule is C[C@H](Cc1ccccc1)NC(=O)CCc1ccccc1. The summed E-state index contributed by atoms with van der Waals surface area (Å²) < 4.78 is 0. The fourth-order valence-electron chi connectivity index (χ4n) is 2.27. The Morgan fingerprint density at radius 3 is 2.10 bits per heavy atom. The van der Waals surface area contributed by atoms with Crippen LogP contribution in [-0.2, 0) is 17.6 Å². The molecule has 2 heteroatoms. The first-order valence-electron chi connectivity index (χ1n) is 7.11. The number of benzene rings is 2. The monoisotopic (exact) mass is 267 g/mol. The van der Waals surface area contributed by atoms with Gasteiger partial charge >= 0.3 is 0 Å². The molecular formula is C18H21NO. The summed E-state index contributed by atoms with van der Waals surface area (Å²) in [6.45, 7) is 2.05. The van der Waals surface area contributed by atoms with Gasteiger partial charge in [0.15, 0.2) is 0 Å². The number of carbonyl (C=O) groups is 1. The third-order valence-electron chi connectivity index (χ3n) is 3.28. The maximum absolute atomic E-state index is 11.9. The Morgan fingerprint density at radius 1 is 0.950 bits per heavy atom. The molecule has 0 aromatic heterocycles. The van der Waals surface area contributed by atoms with Gasteiger partial charge in [-0.15, -0.1) is 0 Å². The van der Waals surface area contributed by atoms with Crippen LogP contribution in [0.3, 0.4) is 0 Å². The zero-order valence-electron chi connectivity index (χ0n) is 11.9. The minimum atomic E-state index is 0.122. The van der Waals surface area contributed by atoms with Crippen molar-refractivity contribution in [2.75, 3.05) is 0 Å². The van der Waals surface area contributed by atoms with Crippen LogP contribution < -0.4 is 5.32 Å². The zero-order valence-corrected chi connectivity index (χ0v) is 11.9. The molecule has 0 spiro atoms. The quantitative estimate of drug-likeness (QED) is 0.854. The first kappa shape index (κ1) is 14.3. The third-order valence-corrected chi connectivity index (χ3v) is 3.28. The van der Waals surface area contributed by atoms with Crippen LogP contribution in [-0.4, -0.2) is 11.9 Å². The van der Waals surface area contributed by atoms with Gasteiger partial charge in [-0.25, -0.2) is 0 Å². The van der Waals surface area contributed by atoms with E-state index in [1.54, 1.807) is 0 Å². The molecule has 0 unspecified atom stereocenters. The van der Waals surface area contributed by atoms with E-state index >= 15 is 0 Å². The molecule has 20 heavy (non-hydrogen) atoms. The molecule has 0 bridgehead atoms. The van der Waals surface area contributed by atoms with Crippen molar-refractivity contribution < 1.29 is 4.79 Å². The summed E-state index contributed by atoms with van der Waals surface area (Å²) in [5, 5.41) is 3.06. The number of amides is 1. The lowest BCUT2D eigenvalue weighted by molar-refractivity contribution is -0.121. The van der Waals surface area contributed by atoms with Crippen molar-refractivity contribution in [2.45, 2.75) is 32.2 Å². The second-order valence-corrected chi connectivity index (χ2v) is 5.14. The summed E-state index contributed by atoms with van der Waals surface area (Å²) in [6, 6.07) is 20.5. The van der Waals surface area contributed by atoms with E-state index in [0.717, 1.165) is 12.8 Å². The fourth-order valence-corrected chi connectivity index (χ4v) is 2.27. The molecule has 0 fully saturated rings. The van der Waals surface area contributed by atoms with Gasteiger partial charge in [-0.3, -0.25) is 4.79 Å². The van der Waals surface area contributed by atoms with Crippen molar-refractivity contribution in [1.29, 1.82) is 0 Å². The molecule has 0 saturated carbocycles. The van der Waals surface area contributed by atoms with Crippen molar-refractivity contribution in [3.05, 3.63) is 71.8 Å². The molecule has 2 aromatic carbocycles. The van der Waals surface area contributed by atoms with Gasteiger partial charge in [0.1, 0.15) is 0 Å². The zero-order chi connectivity index (χ0) is 14.2. The molecule has 1 amide bonds. The molecule has 0 aliphatic heterocycles. The average molecular weight is 267 g/mol. The average Bonchev–Trinajstić information content (AvgIpc) is 2.47. The summed E-state index contributed by atoms with van der Waals surface area (Å²) in [4.78, 5) is 11.9. The normalized spacial score (nSPS) is 11.8. The lowest BCUT2D eigenvalue weighted by Crippen LogP contribution is -2.34. The van der Waals surface area contributed by atoms with Crippen LogP contribution >= 0.6 is 0 Å². The first-order chi connectivity index (χ1) is 9.74. The Bertz CT molecular complexity index is 522. The van der Waals surface area contributed by atoms with Crippen LogP contribution in [0, 0.1) is 0 Å². The Kier molecular flexibility index (Phi) is 5.36. The van der Waals surface area contributed by atoms with Crippen LogP contribution in [0.5, 0.6) is 0 Å². The van der Waals surface area contributed by atoms with E-state index in [4.69, 9.17) is 0 Å². The molecule has 0 aliphatic carbocycles. The van der Waals surface area contributed by atoms with Crippen molar-refractivity contribution in [2.24, 2.45) is 0 Å². The minimum absolute atomic E-state index is 0.122. The van der Waals surface area contributed by atoms with Crippen LogP contribution in [0.15, 0.2) is 60.7 Å². The molecule has 0 radical (unpaired) electrons. The largest absolute Gasteiger partial charge is 0.353 e. The first-order valence-corrected chi connectivity index (χ1v) is 7.11. The number of hydrogen-bond donors (Lipinski definition) is 1. The van der Waals surface area contributed by atoms with Crippen LogP contribution in [0.1, 0.15) is 24.5 Å². The number of nitrogens with one attached hydrogen (secondary N) is 1. The molecule has 2 nitrogen and oxygen atoms in total. The molecule has 104 valence electrons. The van der Waals surface area contributed by atoms with Crippen molar-refractivity contribution >= 4 is 5.91 Å². The second-order valence-electron chi connectivity index (χ2n) is 5.14. The maximum atomic E-state index is 11.9. The summed E-state index contributed by atoms with van der Waals surface area (Å²) >= 11 is 0. The van der Waals surface area contributed by atoms with E-state index in [9.17, 15) is 4.79 Å². The summed E-state index contributed by atoms with van der Waals surface area (Å²) in [5.74, 6) is 0.122. The van der Waals surface area contributed by atoms with Crippen molar-refractivity contribution in [3.63, 3.8) is 0 Å². The van der Waals surface area contributed by atoms with E-state index in [0.29, 0.717) is 6.42 Å². The van der Waals surface area contributed by atoms with Crippen molar-refractivity contribution in [1.82, 2.24) is 5.32 Å². The highest BCUT2D eigenvalue weighted by Crippen LogP contribution is 2.05. The topological polar surface area (TPSA) is 29.1 Å². The Hall–Kier alpha value is -2.09. The number of aryl methyl sites for hydroxylation is 1. The smallest absolute Gasteiger partial charge is 0.220 e. The molecule has 1 atom stereocenters. The van der Waals surface area contributed by atoms with Gasteiger partial charge < -0.3 is 5.32 Å². The van der Waals surface area contributed by atoms with Crippen LogP contribution in [0.4, 0.5) is 0 Å². The number of carbonyl (C=O) groups excluding carboxylic acids is 1. The van der Waals surface area contributed by atoms with Crippen molar-refractivity contribution in [3.8, 4) is 0 Å². The highest BCUT2D eigenvalue weighted by atomic mass is 16.1. The number of rotatable bonds is 6. The van der Waals surface area contributed by atoms with E-state index < -0.39 is 0 Å². The maximum Gasteiger partial charge on any atom is 0.220 e.